The average Bonchev–Trinajstić information content (AvgIpc) is 0.811. The van der Waals surface area contributed by atoms with Crippen molar-refractivity contribution in [2.24, 2.45) is 0 Å². The molecular formula is C3H13Cl2NSiZr-. The third-order valence-electron chi connectivity index (χ3n) is 0. The molecule has 0 rings (SSSR count). The molecule has 0 fully saturated rings. The molecule has 0 saturated heterocycles. The zero-order valence-electron chi connectivity index (χ0n) is 5.39. The van der Waals surface area contributed by atoms with Gasteiger partial charge in [-0.25, -0.2) is 0 Å². The molecule has 53 valence electrons. The molecule has 1 radical (unpaired) electrons. The Morgan fingerprint density at radius 3 is 0.875 bits per heavy atom. The van der Waals surface area contributed by atoms with E-state index in [1.165, 1.54) is 0 Å². The van der Waals surface area contributed by atoms with E-state index < -0.39 is 0 Å². The molecule has 0 saturated carbocycles. The van der Waals surface area contributed by atoms with Crippen molar-refractivity contribution in [2.75, 3.05) is 0 Å². The van der Waals surface area contributed by atoms with Crippen molar-refractivity contribution in [1.82, 2.24) is 0 Å². The molecule has 5 heteroatoms. The molecule has 1 nitrogen and oxygen atoms in total. The maximum atomic E-state index is 2.27. The molecular weight excluding hydrogens is 240 g/mol. The SMILES string of the molecule is C[Si](C)C.Cl.Cl.[NH2-].[Zr]. The predicted octanol–water partition coefficient (Wildman–Crippen LogP) is 2.93. The Morgan fingerprint density at radius 1 is 0.875 bits per heavy atom. The van der Waals surface area contributed by atoms with Crippen LogP contribution in [0.25, 0.3) is 6.15 Å². The Labute approximate surface area is 85.1 Å². The second-order valence-electron chi connectivity index (χ2n) is 1.50. The molecule has 0 unspecified atom stereocenters. The van der Waals surface area contributed by atoms with Gasteiger partial charge in [-0.1, -0.05) is 19.6 Å². The number of rotatable bonds is 0. The van der Waals surface area contributed by atoms with E-state index in [-0.39, 0.29) is 66.0 Å². The van der Waals surface area contributed by atoms with Crippen molar-refractivity contribution in [3.05, 3.63) is 6.15 Å². The number of hydrogen-bond acceptors (Lipinski definition) is 0. The summed E-state index contributed by atoms with van der Waals surface area (Å²) in [6.45, 7) is 6.81. The summed E-state index contributed by atoms with van der Waals surface area (Å²) >= 11 is 0. The first-order valence-electron chi connectivity index (χ1n) is 1.50. The topological polar surface area (TPSA) is 33.5 Å². The van der Waals surface area contributed by atoms with Crippen molar-refractivity contribution in [2.45, 2.75) is 19.6 Å². The van der Waals surface area contributed by atoms with Crippen molar-refractivity contribution < 1.29 is 26.2 Å². The molecule has 2 N–H and O–H groups in total. The summed E-state index contributed by atoms with van der Waals surface area (Å²) in [5.41, 5.74) is 0. The van der Waals surface area contributed by atoms with Gasteiger partial charge in [-0.05, 0) is 0 Å². The van der Waals surface area contributed by atoms with Crippen molar-refractivity contribution in [3.8, 4) is 0 Å². The molecule has 0 bridgehead atoms. The molecule has 0 spiro atoms. The molecule has 0 aliphatic carbocycles. The summed E-state index contributed by atoms with van der Waals surface area (Å²) in [5, 5.41) is 0. The molecule has 0 amide bonds. The van der Waals surface area contributed by atoms with Crippen LogP contribution in [-0.2, 0) is 26.2 Å². The summed E-state index contributed by atoms with van der Waals surface area (Å²) < 4.78 is 0. The summed E-state index contributed by atoms with van der Waals surface area (Å²) in [5.74, 6) is 0. The van der Waals surface area contributed by atoms with Crippen molar-refractivity contribution >= 4 is 33.6 Å². The molecule has 0 heterocycles. The monoisotopic (exact) mass is 251 g/mol. The fraction of sp³-hybridized carbons (Fsp3) is 1.00. The Balaban J connectivity index is -0.00000000750. The van der Waals surface area contributed by atoms with Gasteiger partial charge >= 0.3 is 0 Å². The average molecular weight is 253 g/mol. The normalized spacial score (nSPS) is 4.50. The summed E-state index contributed by atoms with van der Waals surface area (Å²) in [6, 6.07) is 0. The Bertz CT molecular complexity index is 22.0. The largest absolute Gasteiger partial charge is 0.693 e. The number of hydrogen-bond donors (Lipinski definition) is 0. The van der Waals surface area contributed by atoms with Gasteiger partial charge in [0.25, 0.3) is 0 Å². The third-order valence-corrected chi connectivity index (χ3v) is 0. The van der Waals surface area contributed by atoms with Gasteiger partial charge in [0, 0.05) is 35.0 Å². The number of nitrogens with two attached hydrogens (primary N) is 1. The van der Waals surface area contributed by atoms with Crippen LogP contribution in [0.4, 0.5) is 0 Å². The van der Waals surface area contributed by atoms with E-state index in [9.17, 15) is 0 Å². The molecule has 8 heavy (non-hydrogen) atoms. The van der Waals surface area contributed by atoms with E-state index in [0.29, 0.717) is 0 Å². The molecule has 0 aromatic rings. The van der Waals surface area contributed by atoms with Crippen molar-refractivity contribution in [1.29, 1.82) is 0 Å². The van der Waals surface area contributed by atoms with Crippen LogP contribution in [0, 0.1) is 0 Å². The van der Waals surface area contributed by atoms with Crippen LogP contribution in [0.2, 0.25) is 19.6 Å². The minimum absolute atomic E-state index is 0. The van der Waals surface area contributed by atoms with E-state index in [4.69, 9.17) is 0 Å². The van der Waals surface area contributed by atoms with Gasteiger partial charge in [-0.2, -0.15) is 0 Å². The van der Waals surface area contributed by atoms with E-state index >= 15 is 0 Å². The Morgan fingerprint density at radius 2 is 0.875 bits per heavy atom. The van der Waals surface area contributed by atoms with E-state index in [2.05, 4.69) is 19.6 Å². The molecule has 0 aliphatic heterocycles. The van der Waals surface area contributed by atoms with E-state index in [0.717, 1.165) is 0 Å². The van der Waals surface area contributed by atoms with Crippen LogP contribution in [-0.4, -0.2) is 8.80 Å². The van der Waals surface area contributed by atoms with E-state index in [1.807, 2.05) is 0 Å². The first kappa shape index (κ1) is 33.4. The van der Waals surface area contributed by atoms with Crippen LogP contribution in [0.15, 0.2) is 0 Å². The van der Waals surface area contributed by atoms with Crippen LogP contribution in [0.5, 0.6) is 0 Å². The molecule has 0 aliphatic rings. The standard InChI is InChI=1S/C3H9Si.2ClH.H2N.Zr/c1-4(2)3;;;;/h1-3H3;2*1H;1H2;/q;;;-1;. The van der Waals surface area contributed by atoms with Gasteiger partial charge in [0.15, 0.2) is 0 Å². The van der Waals surface area contributed by atoms with Gasteiger partial charge in [0.1, 0.15) is 0 Å². The first-order chi connectivity index (χ1) is 1.73. The van der Waals surface area contributed by atoms with Gasteiger partial charge in [0.05, 0.1) is 0 Å². The minimum atomic E-state index is 0. The zero-order valence-corrected chi connectivity index (χ0v) is 10.5. The van der Waals surface area contributed by atoms with Gasteiger partial charge in [0.2, 0.25) is 0 Å². The van der Waals surface area contributed by atoms with Crippen LogP contribution in [0.3, 0.4) is 0 Å². The van der Waals surface area contributed by atoms with Crippen LogP contribution < -0.4 is 0 Å². The molecule has 0 aromatic carbocycles. The van der Waals surface area contributed by atoms with Gasteiger partial charge in [-0.3, -0.25) is 0 Å². The van der Waals surface area contributed by atoms with E-state index in [1.54, 1.807) is 0 Å². The maximum Gasteiger partial charge on any atom is 0.0379 e. The summed E-state index contributed by atoms with van der Waals surface area (Å²) in [4.78, 5) is 0. The molecule has 0 atom stereocenters. The van der Waals surface area contributed by atoms with Crippen LogP contribution in [0.1, 0.15) is 0 Å². The maximum absolute atomic E-state index is 2.27. The molecule has 0 aromatic heterocycles. The fourth-order valence-electron chi connectivity index (χ4n) is 0. The number of halogens is 2. The second kappa shape index (κ2) is 23.4. The zero-order chi connectivity index (χ0) is 3.58. The predicted molar refractivity (Wildman–Crippen MR) is 43.1 cm³/mol. The van der Waals surface area contributed by atoms with Crippen molar-refractivity contribution in [3.63, 3.8) is 0 Å². The summed E-state index contributed by atoms with van der Waals surface area (Å²) in [7, 11) is 0.120. The minimum Gasteiger partial charge on any atom is -0.693 e. The first-order valence-corrected chi connectivity index (χ1v) is 4.50. The second-order valence-corrected chi connectivity index (χ2v) is 4.50. The van der Waals surface area contributed by atoms with Gasteiger partial charge < -0.3 is 6.15 Å². The smallest absolute Gasteiger partial charge is 0.0379 e. The Kier molecular flexibility index (Phi) is 97.9. The fourth-order valence-corrected chi connectivity index (χ4v) is 0. The quantitative estimate of drug-likeness (QED) is 0.595. The van der Waals surface area contributed by atoms with Gasteiger partial charge in [-0.15, -0.1) is 24.8 Å². The third kappa shape index (κ3) is 125. The summed E-state index contributed by atoms with van der Waals surface area (Å²) in [6.07, 6.45) is 0. The Hall–Kier alpha value is 1.64. The van der Waals surface area contributed by atoms with Crippen LogP contribution >= 0.6 is 24.8 Å².